The average Bonchev–Trinajstić information content (AvgIpc) is 2.92. The van der Waals surface area contributed by atoms with Gasteiger partial charge >= 0.3 is 0 Å². The lowest BCUT2D eigenvalue weighted by Gasteiger charge is -2.13. The van der Waals surface area contributed by atoms with E-state index in [9.17, 15) is 4.79 Å². The minimum Gasteiger partial charge on any atom is -0.497 e. The number of hydrogen-bond donors (Lipinski definition) is 0. The van der Waals surface area contributed by atoms with Crippen LogP contribution in [0.1, 0.15) is 5.82 Å². The third-order valence-corrected chi connectivity index (χ3v) is 4.27. The monoisotopic (exact) mass is 350 g/mol. The fourth-order valence-electron chi connectivity index (χ4n) is 1.89. The molecule has 0 unspecified atom stereocenters. The largest absolute Gasteiger partial charge is 0.497 e. The summed E-state index contributed by atoms with van der Waals surface area (Å²) in [4.78, 5) is 13.4. The van der Waals surface area contributed by atoms with E-state index in [1.165, 1.54) is 11.8 Å². The van der Waals surface area contributed by atoms with Crippen LogP contribution in [0.25, 0.3) is 0 Å². The van der Waals surface area contributed by atoms with Gasteiger partial charge in [0.2, 0.25) is 5.91 Å². The highest BCUT2D eigenvalue weighted by atomic mass is 32.2. The Morgan fingerprint density at radius 1 is 1.21 bits per heavy atom. The van der Waals surface area contributed by atoms with E-state index in [0.717, 1.165) is 22.5 Å². The third kappa shape index (κ3) is 4.89. The molecule has 0 fully saturated rings. The fourth-order valence-corrected chi connectivity index (χ4v) is 2.69. The number of ether oxygens (including phenoxy) is 2. The summed E-state index contributed by atoms with van der Waals surface area (Å²) in [5.41, 5.74) is 0. The first-order valence-corrected chi connectivity index (χ1v) is 8.49. The Hall–Kier alpha value is -2.22. The predicted octanol–water partition coefficient (Wildman–Crippen LogP) is 1.85. The third-order valence-electron chi connectivity index (χ3n) is 3.34. The molecule has 0 saturated carbocycles. The molecule has 2 rings (SSSR count). The molecule has 1 aromatic heterocycles. The highest BCUT2D eigenvalue weighted by Crippen LogP contribution is 2.19. The summed E-state index contributed by atoms with van der Waals surface area (Å²) in [6, 6.07) is 7.45. The molecule has 7 nitrogen and oxygen atoms in total. The minimum absolute atomic E-state index is 0.00855. The molecule has 0 N–H and O–H groups in total. The van der Waals surface area contributed by atoms with Gasteiger partial charge in [-0.25, -0.2) is 0 Å². The van der Waals surface area contributed by atoms with Crippen LogP contribution in [0.4, 0.5) is 0 Å². The van der Waals surface area contributed by atoms with Gasteiger partial charge in [0.25, 0.3) is 0 Å². The van der Waals surface area contributed by atoms with Crippen LogP contribution < -0.4 is 9.47 Å². The summed E-state index contributed by atoms with van der Waals surface area (Å²) in [6.07, 6.45) is 0. The van der Waals surface area contributed by atoms with E-state index in [4.69, 9.17) is 9.47 Å². The van der Waals surface area contributed by atoms with Crippen LogP contribution in [-0.2, 0) is 11.3 Å². The lowest BCUT2D eigenvalue weighted by molar-refractivity contribution is -0.129. The minimum atomic E-state index is 0.00855. The van der Waals surface area contributed by atoms with Crippen LogP contribution in [0, 0.1) is 6.92 Å². The second-order valence-corrected chi connectivity index (χ2v) is 6.34. The number of nitrogens with zero attached hydrogens (tertiary/aromatic N) is 4. The summed E-state index contributed by atoms with van der Waals surface area (Å²) in [7, 11) is 5.10. The van der Waals surface area contributed by atoms with Crippen molar-refractivity contribution in [3.8, 4) is 11.5 Å². The van der Waals surface area contributed by atoms with Crippen molar-refractivity contribution in [1.29, 1.82) is 0 Å². The summed E-state index contributed by atoms with van der Waals surface area (Å²) < 4.78 is 12.6. The number of aryl methyl sites for hydroxylation is 1. The number of thioether (sulfide) groups is 1. The molecule has 8 heteroatoms. The quantitative estimate of drug-likeness (QED) is 0.535. The topological polar surface area (TPSA) is 69.5 Å². The molecule has 1 amide bonds. The van der Waals surface area contributed by atoms with Crippen LogP contribution in [0.5, 0.6) is 11.5 Å². The van der Waals surface area contributed by atoms with Crippen molar-refractivity contribution in [3.63, 3.8) is 0 Å². The number of likely N-dealkylation sites (N-methyl/N-ethyl adjacent to an activating group) is 1. The zero-order valence-electron chi connectivity index (χ0n) is 14.4. The Labute approximate surface area is 146 Å². The molecule has 0 radical (unpaired) electrons. The summed E-state index contributed by atoms with van der Waals surface area (Å²) in [5.74, 6) is 3.03. The predicted molar refractivity (Wildman–Crippen MR) is 92.7 cm³/mol. The maximum absolute atomic E-state index is 11.9. The molecule has 1 heterocycles. The van der Waals surface area contributed by atoms with Crippen LogP contribution >= 0.6 is 11.8 Å². The summed E-state index contributed by atoms with van der Waals surface area (Å²) in [5, 5.41) is 8.90. The van der Waals surface area contributed by atoms with Crippen molar-refractivity contribution >= 4 is 17.7 Å². The number of benzene rings is 1. The first kappa shape index (κ1) is 18.1. The summed E-state index contributed by atoms with van der Waals surface area (Å²) >= 11 is 1.52. The molecule has 0 saturated heterocycles. The molecule has 0 spiro atoms. The Bertz CT molecular complexity index is 670. The maximum atomic E-state index is 11.9. The second kappa shape index (κ2) is 8.58. The van der Waals surface area contributed by atoms with Crippen molar-refractivity contribution in [2.75, 3.05) is 33.6 Å². The van der Waals surface area contributed by atoms with Gasteiger partial charge in [0.1, 0.15) is 23.9 Å². The van der Waals surface area contributed by atoms with Crippen molar-refractivity contribution in [3.05, 3.63) is 30.1 Å². The number of aromatic nitrogens is 3. The Balaban J connectivity index is 1.84. The standard InChI is InChI=1S/C16H22N4O3S/c1-12-17-18-16(20(12)11-15(21)19(2)3)24-10-9-23-14-7-5-13(22-4)6-8-14/h5-8H,9-11H2,1-4H3. The first-order valence-electron chi connectivity index (χ1n) is 7.51. The Morgan fingerprint density at radius 2 is 1.88 bits per heavy atom. The van der Waals surface area contributed by atoms with Gasteiger partial charge < -0.3 is 14.4 Å². The van der Waals surface area contributed by atoms with Crippen LogP contribution in [0.2, 0.25) is 0 Å². The van der Waals surface area contributed by atoms with E-state index >= 15 is 0 Å². The Kier molecular flexibility index (Phi) is 6.48. The molecule has 0 aliphatic carbocycles. The SMILES string of the molecule is COc1ccc(OCCSc2nnc(C)n2CC(=O)N(C)C)cc1. The van der Waals surface area contributed by atoms with Gasteiger partial charge in [-0.3, -0.25) is 9.36 Å². The van der Waals surface area contributed by atoms with E-state index in [-0.39, 0.29) is 12.5 Å². The van der Waals surface area contributed by atoms with Crippen LogP contribution in [-0.4, -0.2) is 59.1 Å². The number of hydrogen-bond acceptors (Lipinski definition) is 6. The highest BCUT2D eigenvalue weighted by Gasteiger charge is 2.14. The van der Waals surface area contributed by atoms with Gasteiger partial charge in [-0.05, 0) is 31.2 Å². The normalized spacial score (nSPS) is 10.5. The van der Waals surface area contributed by atoms with Gasteiger partial charge in [-0.1, -0.05) is 11.8 Å². The van der Waals surface area contributed by atoms with Gasteiger partial charge in [-0.2, -0.15) is 0 Å². The molecule has 130 valence electrons. The lowest BCUT2D eigenvalue weighted by atomic mass is 10.3. The van der Waals surface area contributed by atoms with Crippen LogP contribution in [0.15, 0.2) is 29.4 Å². The van der Waals surface area contributed by atoms with Crippen molar-refractivity contribution in [2.45, 2.75) is 18.6 Å². The maximum Gasteiger partial charge on any atom is 0.242 e. The molecule has 0 bridgehead atoms. The highest BCUT2D eigenvalue weighted by molar-refractivity contribution is 7.99. The van der Waals surface area contributed by atoms with E-state index in [1.54, 1.807) is 26.1 Å². The molecule has 0 aliphatic heterocycles. The molecule has 2 aromatic rings. The average molecular weight is 350 g/mol. The number of carbonyl (C=O) groups excluding carboxylic acids is 1. The first-order chi connectivity index (χ1) is 11.5. The molecule has 0 aliphatic rings. The number of methoxy groups -OCH3 is 1. The Morgan fingerprint density at radius 3 is 2.50 bits per heavy atom. The van der Waals surface area contributed by atoms with Crippen molar-refractivity contribution < 1.29 is 14.3 Å². The summed E-state index contributed by atoms with van der Waals surface area (Å²) in [6.45, 7) is 2.62. The molecular formula is C16H22N4O3S. The molecule has 1 aromatic carbocycles. The van der Waals surface area contributed by atoms with E-state index < -0.39 is 0 Å². The van der Waals surface area contributed by atoms with E-state index in [1.807, 2.05) is 35.8 Å². The molecule has 24 heavy (non-hydrogen) atoms. The van der Waals surface area contributed by atoms with E-state index in [2.05, 4.69) is 10.2 Å². The number of rotatable bonds is 8. The van der Waals surface area contributed by atoms with Gasteiger partial charge in [-0.15, -0.1) is 10.2 Å². The van der Waals surface area contributed by atoms with Gasteiger partial charge in [0, 0.05) is 19.8 Å². The van der Waals surface area contributed by atoms with Crippen LogP contribution in [0.3, 0.4) is 0 Å². The zero-order chi connectivity index (χ0) is 17.5. The van der Waals surface area contributed by atoms with Gasteiger partial charge in [0.05, 0.1) is 13.7 Å². The van der Waals surface area contributed by atoms with Gasteiger partial charge in [0.15, 0.2) is 5.16 Å². The number of amides is 1. The molecule has 0 atom stereocenters. The fraction of sp³-hybridized carbons (Fsp3) is 0.438. The van der Waals surface area contributed by atoms with E-state index in [0.29, 0.717) is 12.4 Å². The number of carbonyl (C=O) groups is 1. The second-order valence-electron chi connectivity index (χ2n) is 5.28. The lowest BCUT2D eigenvalue weighted by Crippen LogP contribution is -2.27. The molecular weight excluding hydrogens is 328 g/mol. The van der Waals surface area contributed by atoms with Crippen molar-refractivity contribution in [1.82, 2.24) is 19.7 Å². The van der Waals surface area contributed by atoms with Crippen molar-refractivity contribution in [2.24, 2.45) is 0 Å². The zero-order valence-corrected chi connectivity index (χ0v) is 15.2. The smallest absolute Gasteiger partial charge is 0.242 e.